The van der Waals surface area contributed by atoms with Crippen molar-refractivity contribution in [3.05, 3.63) is 35.4 Å². The van der Waals surface area contributed by atoms with E-state index in [0.29, 0.717) is 0 Å². The summed E-state index contributed by atoms with van der Waals surface area (Å²) in [4.78, 5) is 0. The highest BCUT2D eigenvalue weighted by Gasteiger charge is 2.05. The monoisotopic (exact) mass is 220 g/mol. The number of rotatable bonds is 3. The van der Waals surface area contributed by atoms with Crippen molar-refractivity contribution in [1.82, 2.24) is 0 Å². The summed E-state index contributed by atoms with van der Waals surface area (Å²) in [7, 11) is 0. The lowest BCUT2D eigenvalue weighted by molar-refractivity contribution is 1.24. The predicted molar refractivity (Wildman–Crippen MR) is 73.1 cm³/mol. The van der Waals surface area contributed by atoms with Gasteiger partial charge in [-0.15, -0.1) is 0 Å². The van der Waals surface area contributed by atoms with E-state index in [-0.39, 0.29) is 14.1 Å². The lowest BCUT2D eigenvalue weighted by Gasteiger charge is -1.97. The molecule has 0 unspecified atom stereocenters. The highest BCUT2D eigenvalue weighted by Crippen LogP contribution is 2.02. The van der Waals surface area contributed by atoms with Crippen LogP contribution in [0.15, 0.2) is 24.3 Å². The van der Waals surface area contributed by atoms with E-state index in [1.165, 1.54) is 27.0 Å². The van der Waals surface area contributed by atoms with Gasteiger partial charge in [0.25, 0.3) is 14.1 Å². The van der Waals surface area contributed by atoms with Gasteiger partial charge < -0.3 is 0 Å². The average Bonchev–Trinajstić information content (AvgIpc) is 2.26. The Morgan fingerprint density at radius 1 is 0.800 bits per heavy atom. The summed E-state index contributed by atoms with van der Waals surface area (Å²) in [5.41, 5.74) is 2.74. The highest BCUT2D eigenvalue weighted by molar-refractivity contribution is 6.58. The molecule has 0 atom stereocenters. The molecule has 84 valence electrons. The Kier molecular flexibility index (Phi) is 8.86. The Hall–Kier alpha value is -0.248. The van der Waals surface area contributed by atoms with E-state index in [9.17, 15) is 0 Å². The minimum absolute atomic E-state index is 0.171. The number of hydrogen-bond donors (Lipinski definition) is 0. The first kappa shape index (κ1) is 14.8. The van der Waals surface area contributed by atoms with E-state index in [4.69, 9.17) is 0 Å². The quantitative estimate of drug-likeness (QED) is 0.639. The van der Waals surface area contributed by atoms with E-state index in [0.717, 1.165) is 0 Å². The topological polar surface area (TPSA) is 0 Å². The third kappa shape index (κ3) is 6.77. The maximum atomic E-state index is 2.32. The molecule has 0 aliphatic heterocycles. The molecule has 0 aromatic heterocycles. The molecule has 0 heterocycles. The minimum Gasteiger partial charge on any atom is -0.0967 e. The fourth-order valence-corrected chi connectivity index (χ4v) is 3.26. The van der Waals surface area contributed by atoms with Crippen molar-refractivity contribution in [2.75, 3.05) is 0 Å². The van der Waals surface area contributed by atoms with Crippen LogP contribution < -0.4 is 0 Å². The van der Waals surface area contributed by atoms with Gasteiger partial charge in [-0.25, -0.2) is 0 Å². The third-order valence-corrected chi connectivity index (χ3v) is 6.62. The van der Waals surface area contributed by atoms with Crippen LogP contribution in [0.25, 0.3) is 0 Å². The van der Waals surface area contributed by atoms with Gasteiger partial charge in [0.2, 0.25) is 0 Å². The Bertz CT molecular complexity index is 225. The summed E-state index contributed by atoms with van der Waals surface area (Å²) < 4.78 is 0. The molecule has 0 amide bonds. The van der Waals surface area contributed by atoms with Gasteiger partial charge in [0, 0.05) is 0 Å². The molecule has 0 bridgehead atoms. The van der Waals surface area contributed by atoms with Crippen molar-refractivity contribution in [3.8, 4) is 0 Å². The molecule has 1 aromatic rings. The molecule has 0 nitrogen and oxygen atoms in total. The smallest absolute Gasteiger partial charge is 0.0967 e. The van der Waals surface area contributed by atoms with Crippen molar-refractivity contribution < 1.29 is 0 Å². The Labute approximate surface area is 100 Å². The first-order valence-corrected chi connectivity index (χ1v) is 8.62. The lowest BCUT2D eigenvalue weighted by Crippen LogP contribution is -2.04. The van der Waals surface area contributed by atoms with Crippen LogP contribution in [0.1, 0.15) is 31.9 Å². The summed E-state index contributed by atoms with van der Waals surface area (Å²) in [6.45, 7) is 11.2. The minimum atomic E-state index is -0.171. The Morgan fingerprint density at radius 3 is 1.27 bits per heavy atom. The first-order valence-electron chi connectivity index (χ1n) is 6.17. The number of aryl methyl sites for hydroxylation is 2. The lowest BCUT2D eigenvalue weighted by atomic mass is 10.1. The molecule has 0 fully saturated rings. The summed E-state index contributed by atoms with van der Waals surface area (Å²) in [6, 6.07) is 8.36. The van der Waals surface area contributed by atoms with Crippen LogP contribution in [-0.2, 0) is 0 Å². The maximum Gasteiger partial charge on any atom is 0.261 e. The molecule has 0 radical (unpaired) electrons. The third-order valence-electron chi connectivity index (χ3n) is 3.16. The summed E-state index contributed by atoms with van der Waals surface area (Å²) >= 11 is -0.171. The van der Waals surface area contributed by atoms with Gasteiger partial charge in [-0.05, 0) is 25.0 Å². The van der Waals surface area contributed by atoms with Crippen LogP contribution in [-0.4, -0.2) is 14.1 Å². The second-order valence-corrected chi connectivity index (χ2v) is 8.36. The molecule has 0 spiro atoms. The summed E-state index contributed by atoms with van der Waals surface area (Å²) in [5, 5.41) is 4.48. The van der Waals surface area contributed by atoms with Crippen LogP contribution in [0.4, 0.5) is 0 Å². The molecule has 0 saturated heterocycles. The van der Waals surface area contributed by atoms with Crippen LogP contribution in [0.3, 0.4) is 0 Å². The number of hydrogen-bond acceptors (Lipinski definition) is 0. The molecule has 0 aliphatic carbocycles. The van der Waals surface area contributed by atoms with Gasteiger partial charge in [-0.1, -0.05) is 60.9 Å². The van der Waals surface area contributed by atoms with Crippen LogP contribution in [0.2, 0.25) is 15.8 Å². The van der Waals surface area contributed by atoms with E-state index in [1.807, 2.05) is 0 Å². The molecule has 0 saturated carbocycles. The second-order valence-electron chi connectivity index (χ2n) is 4.18. The molecule has 15 heavy (non-hydrogen) atoms. The van der Waals surface area contributed by atoms with Crippen LogP contribution in [0.5, 0.6) is 0 Å². The molecule has 0 N–H and O–H groups in total. The van der Waals surface area contributed by atoms with E-state index in [2.05, 4.69) is 58.9 Å². The highest BCUT2D eigenvalue weighted by atomic mass is 27.2. The van der Waals surface area contributed by atoms with Gasteiger partial charge in [-0.2, -0.15) is 0 Å². The van der Waals surface area contributed by atoms with E-state index < -0.39 is 0 Å². The van der Waals surface area contributed by atoms with E-state index >= 15 is 0 Å². The van der Waals surface area contributed by atoms with Gasteiger partial charge in [0.15, 0.2) is 0 Å². The molecule has 1 heteroatoms. The zero-order valence-corrected chi connectivity index (χ0v) is 12.2. The van der Waals surface area contributed by atoms with Gasteiger partial charge in [0.05, 0.1) is 0 Å². The standard InChI is InChI=1S/C8H10.3C2H5.Al/c1-7-5-3-4-6-8(7)2;3*1-2;/h3-6H,1-2H3;3*1H2,2H3;. The zero-order valence-electron chi connectivity index (χ0n) is 11.0. The SMILES string of the molecule is C[CH2][Al]([CH2]C)[CH2]C.Cc1ccccc1C. The van der Waals surface area contributed by atoms with Gasteiger partial charge in [0.1, 0.15) is 0 Å². The molecule has 1 aromatic carbocycles. The fourth-order valence-electron chi connectivity index (χ4n) is 1.53. The van der Waals surface area contributed by atoms with Crippen LogP contribution in [0, 0.1) is 13.8 Å². The van der Waals surface area contributed by atoms with Crippen molar-refractivity contribution in [3.63, 3.8) is 0 Å². The van der Waals surface area contributed by atoms with Crippen molar-refractivity contribution >= 4 is 14.1 Å². The van der Waals surface area contributed by atoms with Crippen molar-refractivity contribution in [2.24, 2.45) is 0 Å². The average molecular weight is 220 g/mol. The normalized spacial score (nSPS) is 9.13. The first-order chi connectivity index (χ1) is 7.15. The summed E-state index contributed by atoms with van der Waals surface area (Å²) in [6.07, 6.45) is 0. The van der Waals surface area contributed by atoms with Crippen LogP contribution >= 0.6 is 0 Å². The molecule has 1 rings (SSSR count). The molecule has 0 aliphatic rings. The van der Waals surface area contributed by atoms with E-state index in [1.54, 1.807) is 0 Å². The van der Waals surface area contributed by atoms with Gasteiger partial charge >= 0.3 is 0 Å². The maximum absolute atomic E-state index is 2.32. The molecular formula is C14H25Al. The summed E-state index contributed by atoms with van der Waals surface area (Å²) in [5.74, 6) is 0. The molecular weight excluding hydrogens is 195 g/mol. The Balaban J connectivity index is 0.000000265. The second kappa shape index (κ2) is 9.01. The van der Waals surface area contributed by atoms with Crippen molar-refractivity contribution in [2.45, 2.75) is 50.5 Å². The van der Waals surface area contributed by atoms with Crippen molar-refractivity contribution in [1.29, 1.82) is 0 Å². The largest absolute Gasteiger partial charge is 0.261 e. The van der Waals surface area contributed by atoms with Gasteiger partial charge in [-0.3, -0.25) is 0 Å². The Morgan fingerprint density at radius 2 is 1.13 bits per heavy atom. The number of benzene rings is 1. The fraction of sp³-hybridized carbons (Fsp3) is 0.571. The predicted octanol–water partition coefficient (Wildman–Crippen LogP) is 4.84. The zero-order chi connectivity index (χ0) is 11.7.